The summed E-state index contributed by atoms with van der Waals surface area (Å²) >= 11 is 0. The predicted molar refractivity (Wildman–Crippen MR) is 100 cm³/mol. The molecule has 0 bridgehead atoms. The van der Waals surface area contributed by atoms with E-state index in [2.05, 4.69) is 10.0 Å². The fourth-order valence-electron chi connectivity index (χ4n) is 2.37. The van der Waals surface area contributed by atoms with Crippen LogP contribution in [0.25, 0.3) is 0 Å². The van der Waals surface area contributed by atoms with E-state index < -0.39 is 22.0 Å². The summed E-state index contributed by atoms with van der Waals surface area (Å²) in [6, 6.07) is 14.0. The number of carbonyl (C=O) groups is 2. The molecule has 2 aromatic rings. The van der Waals surface area contributed by atoms with Crippen LogP contribution in [0.2, 0.25) is 0 Å². The summed E-state index contributed by atoms with van der Waals surface area (Å²) in [5.41, 5.74) is 1.81. The van der Waals surface area contributed by atoms with Crippen LogP contribution in [0.4, 0.5) is 0 Å². The molecule has 1 amide bonds. The number of hydrogen-bond donors (Lipinski definition) is 3. The minimum absolute atomic E-state index is 0.0205. The average molecular weight is 390 g/mol. The molecule has 0 aliphatic rings. The number of amides is 1. The third-order valence-corrected chi connectivity index (χ3v) is 5.41. The van der Waals surface area contributed by atoms with Gasteiger partial charge in [-0.2, -0.15) is 4.72 Å². The van der Waals surface area contributed by atoms with Crippen molar-refractivity contribution in [1.29, 1.82) is 0 Å². The van der Waals surface area contributed by atoms with Crippen molar-refractivity contribution in [3.05, 3.63) is 65.7 Å². The number of carboxylic acid groups (broad SMARTS) is 1. The van der Waals surface area contributed by atoms with E-state index >= 15 is 0 Å². The van der Waals surface area contributed by atoms with Crippen LogP contribution in [0, 0.1) is 6.92 Å². The highest BCUT2D eigenvalue weighted by Crippen LogP contribution is 2.12. The van der Waals surface area contributed by atoms with Gasteiger partial charge in [0.15, 0.2) is 0 Å². The van der Waals surface area contributed by atoms with Crippen LogP contribution in [0.15, 0.2) is 59.5 Å². The summed E-state index contributed by atoms with van der Waals surface area (Å²) in [6.45, 7) is 2.14. The molecule has 144 valence electrons. The lowest BCUT2D eigenvalue weighted by atomic mass is 10.1. The molecule has 27 heavy (non-hydrogen) atoms. The smallest absolute Gasteiger partial charge is 0.321 e. The predicted octanol–water partition coefficient (Wildman–Crippen LogP) is 1.82. The first-order valence-electron chi connectivity index (χ1n) is 8.40. The summed E-state index contributed by atoms with van der Waals surface area (Å²) in [6.07, 6.45) is -0.263. The van der Waals surface area contributed by atoms with Crippen LogP contribution in [0.1, 0.15) is 24.0 Å². The number of carboxylic acids is 1. The number of rotatable bonds is 9. The molecule has 2 aromatic carbocycles. The highest BCUT2D eigenvalue weighted by Gasteiger charge is 2.25. The maximum Gasteiger partial charge on any atom is 0.321 e. The van der Waals surface area contributed by atoms with Gasteiger partial charge in [-0.15, -0.1) is 0 Å². The maximum absolute atomic E-state index is 12.3. The normalized spacial score (nSPS) is 12.3. The Labute approximate surface area is 158 Å². The molecule has 8 heteroatoms. The van der Waals surface area contributed by atoms with E-state index in [0.717, 1.165) is 11.1 Å². The molecule has 0 spiro atoms. The summed E-state index contributed by atoms with van der Waals surface area (Å²) in [4.78, 5) is 23.3. The van der Waals surface area contributed by atoms with Crippen molar-refractivity contribution < 1.29 is 23.1 Å². The van der Waals surface area contributed by atoms with E-state index in [4.69, 9.17) is 0 Å². The van der Waals surface area contributed by atoms with Crippen LogP contribution in [0.5, 0.6) is 0 Å². The molecule has 0 heterocycles. The molecule has 0 aliphatic carbocycles. The van der Waals surface area contributed by atoms with E-state index in [1.165, 1.54) is 12.1 Å². The zero-order valence-corrected chi connectivity index (χ0v) is 15.7. The molecule has 3 N–H and O–H groups in total. The van der Waals surface area contributed by atoms with Gasteiger partial charge in [0.25, 0.3) is 0 Å². The third-order valence-electron chi connectivity index (χ3n) is 3.92. The topological polar surface area (TPSA) is 113 Å². The van der Waals surface area contributed by atoms with E-state index in [9.17, 15) is 23.1 Å². The fraction of sp³-hybridized carbons (Fsp3) is 0.263. The second-order valence-electron chi connectivity index (χ2n) is 6.13. The van der Waals surface area contributed by atoms with E-state index in [1.54, 1.807) is 12.1 Å². The number of aliphatic carboxylic acids is 1. The first-order chi connectivity index (χ1) is 12.8. The Morgan fingerprint density at radius 2 is 1.67 bits per heavy atom. The summed E-state index contributed by atoms with van der Waals surface area (Å²) in [5.74, 6) is -1.68. The van der Waals surface area contributed by atoms with E-state index in [1.807, 2.05) is 37.3 Å². The number of carbonyl (C=O) groups excluding carboxylic acids is 1. The highest BCUT2D eigenvalue weighted by atomic mass is 32.2. The summed E-state index contributed by atoms with van der Waals surface area (Å²) in [5, 5.41) is 12.0. The number of aryl methyl sites for hydroxylation is 1. The minimum atomic E-state index is -3.99. The monoisotopic (exact) mass is 390 g/mol. The molecule has 0 radical (unpaired) electrons. The lowest BCUT2D eigenvalue weighted by Crippen LogP contribution is -2.41. The second kappa shape index (κ2) is 9.29. The molecular formula is C19H22N2O5S. The largest absolute Gasteiger partial charge is 0.480 e. The van der Waals surface area contributed by atoms with Crippen LogP contribution in [0.3, 0.4) is 0 Å². The summed E-state index contributed by atoms with van der Waals surface area (Å²) < 4.78 is 26.8. The first-order valence-corrected chi connectivity index (χ1v) is 9.88. The van der Waals surface area contributed by atoms with Gasteiger partial charge in [-0.3, -0.25) is 9.59 Å². The Balaban J connectivity index is 1.92. The van der Waals surface area contributed by atoms with E-state index in [0.29, 0.717) is 6.54 Å². The number of nitrogens with one attached hydrogen (secondary N) is 2. The molecule has 0 fully saturated rings. The number of benzene rings is 2. The lowest BCUT2D eigenvalue weighted by molar-refractivity contribution is -0.139. The molecule has 7 nitrogen and oxygen atoms in total. The van der Waals surface area contributed by atoms with Gasteiger partial charge in [0.05, 0.1) is 4.90 Å². The maximum atomic E-state index is 12.3. The fourth-order valence-corrected chi connectivity index (χ4v) is 3.59. The molecule has 0 unspecified atom stereocenters. The molecule has 0 saturated heterocycles. The Bertz CT molecular complexity index is 880. The molecular weight excluding hydrogens is 368 g/mol. The summed E-state index contributed by atoms with van der Waals surface area (Å²) in [7, 11) is -3.99. The van der Waals surface area contributed by atoms with Crippen molar-refractivity contribution in [2.45, 2.75) is 37.2 Å². The number of sulfonamides is 1. The van der Waals surface area contributed by atoms with Crippen molar-refractivity contribution in [2.75, 3.05) is 0 Å². The van der Waals surface area contributed by atoms with Crippen LogP contribution < -0.4 is 10.0 Å². The van der Waals surface area contributed by atoms with Crippen molar-refractivity contribution in [3.63, 3.8) is 0 Å². The van der Waals surface area contributed by atoms with Gasteiger partial charge in [0, 0.05) is 13.0 Å². The molecule has 0 saturated carbocycles. The zero-order valence-electron chi connectivity index (χ0n) is 14.9. The zero-order chi connectivity index (χ0) is 19.9. The van der Waals surface area contributed by atoms with E-state index in [-0.39, 0.29) is 23.6 Å². The Kier molecular flexibility index (Phi) is 7.09. The van der Waals surface area contributed by atoms with Gasteiger partial charge in [0.2, 0.25) is 15.9 Å². The quantitative estimate of drug-likeness (QED) is 0.605. The molecule has 2 rings (SSSR count). The van der Waals surface area contributed by atoms with Gasteiger partial charge in [-0.05, 0) is 31.0 Å². The molecule has 0 aliphatic heterocycles. The SMILES string of the molecule is Cc1ccc(S(=O)(=O)N[C@H](CCC(=O)NCc2ccccc2)C(=O)O)cc1. The Hall–Kier alpha value is -2.71. The van der Waals surface area contributed by atoms with Crippen LogP contribution >= 0.6 is 0 Å². The molecule has 1 atom stereocenters. The standard InChI is InChI=1S/C19H22N2O5S/c1-14-7-9-16(10-8-14)27(25,26)21-17(19(23)24)11-12-18(22)20-13-15-5-3-2-4-6-15/h2-10,17,21H,11-13H2,1H3,(H,20,22)(H,23,24)/t17-/m1/s1. The van der Waals surface area contributed by atoms with Crippen molar-refractivity contribution in [3.8, 4) is 0 Å². The minimum Gasteiger partial charge on any atom is -0.480 e. The van der Waals surface area contributed by atoms with Crippen LogP contribution in [-0.2, 0) is 26.2 Å². The second-order valence-corrected chi connectivity index (χ2v) is 7.84. The lowest BCUT2D eigenvalue weighted by Gasteiger charge is -2.15. The van der Waals surface area contributed by atoms with Crippen molar-refractivity contribution in [1.82, 2.24) is 10.0 Å². The van der Waals surface area contributed by atoms with Crippen molar-refractivity contribution >= 4 is 21.9 Å². The third kappa shape index (κ3) is 6.50. The number of hydrogen-bond acceptors (Lipinski definition) is 4. The van der Waals surface area contributed by atoms with Crippen molar-refractivity contribution in [2.24, 2.45) is 0 Å². The van der Waals surface area contributed by atoms with Gasteiger partial charge < -0.3 is 10.4 Å². The van der Waals surface area contributed by atoms with Gasteiger partial charge >= 0.3 is 5.97 Å². The van der Waals surface area contributed by atoms with Gasteiger partial charge in [-0.1, -0.05) is 48.0 Å². The average Bonchev–Trinajstić information content (AvgIpc) is 2.64. The van der Waals surface area contributed by atoms with Gasteiger partial charge in [-0.25, -0.2) is 8.42 Å². The highest BCUT2D eigenvalue weighted by molar-refractivity contribution is 7.89. The first kappa shape index (κ1) is 20.6. The Morgan fingerprint density at radius 3 is 2.26 bits per heavy atom. The Morgan fingerprint density at radius 1 is 1.04 bits per heavy atom. The molecule has 0 aromatic heterocycles. The van der Waals surface area contributed by atoms with Gasteiger partial charge in [0.1, 0.15) is 6.04 Å². The van der Waals surface area contributed by atoms with Crippen LogP contribution in [-0.4, -0.2) is 31.4 Å².